The molecule has 0 bridgehead atoms. The molecule has 3 aromatic rings. The Labute approximate surface area is 136 Å². The zero-order valence-electron chi connectivity index (χ0n) is 11.8. The normalized spacial score (nSPS) is 11.2. The van der Waals surface area contributed by atoms with Gasteiger partial charge in [-0.15, -0.1) is 0 Å². The Balaban J connectivity index is 2.08. The molecule has 2 N–H and O–H groups in total. The van der Waals surface area contributed by atoms with Crippen molar-refractivity contribution < 1.29 is 0 Å². The number of rotatable bonds is 3. The number of aryl methyl sites for hydroxylation is 2. The van der Waals surface area contributed by atoms with E-state index in [9.17, 15) is 0 Å². The summed E-state index contributed by atoms with van der Waals surface area (Å²) in [7, 11) is 1.96. The van der Waals surface area contributed by atoms with E-state index in [1.807, 2.05) is 36.9 Å². The van der Waals surface area contributed by atoms with E-state index in [4.69, 9.17) is 18.0 Å². The summed E-state index contributed by atoms with van der Waals surface area (Å²) in [5, 5.41) is 5.60. The van der Waals surface area contributed by atoms with Crippen LogP contribution in [0.25, 0.3) is 10.9 Å². The van der Waals surface area contributed by atoms with Gasteiger partial charge in [0.25, 0.3) is 0 Å². The van der Waals surface area contributed by atoms with Crippen LogP contribution in [0.2, 0.25) is 0 Å². The van der Waals surface area contributed by atoms with Crippen LogP contribution in [0.3, 0.4) is 0 Å². The molecule has 0 spiro atoms. The molecule has 0 saturated carbocycles. The number of benzene rings is 1. The van der Waals surface area contributed by atoms with Crippen LogP contribution in [0.5, 0.6) is 0 Å². The molecule has 6 heteroatoms. The molecular formula is C15H15BrN4S. The number of thiocarbonyl (C=S) groups is 1. The standard InChI is InChI=1S/C15H15BrN4S/c1-9-14(16)13(19(2)18-9)8-20-6-5-10-3-4-11(15(17)21)7-12(10)20/h3-7H,8H2,1-2H3,(H2,17,21). The molecule has 0 aliphatic heterocycles. The number of halogens is 1. The maximum Gasteiger partial charge on any atom is 0.104 e. The summed E-state index contributed by atoms with van der Waals surface area (Å²) >= 11 is 8.67. The summed E-state index contributed by atoms with van der Waals surface area (Å²) in [6.07, 6.45) is 2.07. The summed E-state index contributed by atoms with van der Waals surface area (Å²) < 4.78 is 5.14. The van der Waals surface area contributed by atoms with E-state index >= 15 is 0 Å². The van der Waals surface area contributed by atoms with Crippen LogP contribution in [-0.2, 0) is 13.6 Å². The van der Waals surface area contributed by atoms with Gasteiger partial charge < -0.3 is 10.3 Å². The summed E-state index contributed by atoms with van der Waals surface area (Å²) in [6, 6.07) is 8.13. The third-order valence-electron chi connectivity index (χ3n) is 3.64. The van der Waals surface area contributed by atoms with Gasteiger partial charge in [-0.1, -0.05) is 24.4 Å². The van der Waals surface area contributed by atoms with Crippen molar-refractivity contribution in [2.75, 3.05) is 0 Å². The maximum absolute atomic E-state index is 5.73. The highest BCUT2D eigenvalue weighted by atomic mass is 79.9. The van der Waals surface area contributed by atoms with Crippen LogP contribution in [0.4, 0.5) is 0 Å². The van der Waals surface area contributed by atoms with E-state index in [0.717, 1.165) is 33.5 Å². The lowest BCUT2D eigenvalue weighted by atomic mass is 10.1. The molecule has 0 fully saturated rings. The van der Waals surface area contributed by atoms with Gasteiger partial charge in [-0.3, -0.25) is 4.68 Å². The van der Waals surface area contributed by atoms with Crippen molar-refractivity contribution >= 4 is 44.0 Å². The molecule has 1 aromatic carbocycles. The minimum absolute atomic E-state index is 0.419. The van der Waals surface area contributed by atoms with Gasteiger partial charge in [-0.05, 0) is 40.4 Å². The van der Waals surface area contributed by atoms with Gasteiger partial charge in [-0.2, -0.15) is 5.10 Å². The van der Waals surface area contributed by atoms with Crippen LogP contribution in [0.15, 0.2) is 34.9 Å². The Morgan fingerprint density at radius 2 is 2.14 bits per heavy atom. The fourth-order valence-corrected chi connectivity index (χ4v) is 3.08. The first kappa shape index (κ1) is 14.3. The van der Waals surface area contributed by atoms with Crippen molar-refractivity contribution in [3.05, 3.63) is 51.9 Å². The second kappa shape index (κ2) is 5.27. The van der Waals surface area contributed by atoms with Crippen molar-refractivity contribution in [3.8, 4) is 0 Å². The topological polar surface area (TPSA) is 48.8 Å². The van der Waals surface area contributed by atoms with E-state index in [0.29, 0.717) is 4.99 Å². The second-order valence-corrected chi connectivity index (χ2v) is 6.28. The molecule has 108 valence electrons. The molecule has 0 atom stereocenters. The van der Waals surface area contributed by atoms with Gasteiger partial charge in [0, 0.05) is 24.3 Å². The number of nitrogens with two attached hydrogens (primary N) is 1. The molecule has 0 radical (unpaired) electrons. The summed E-state index contributed by atoms with van der Waals surface area (Å²) in [4.78, 5) is 0.419. The third-order valence-corrected chi connectivity index (χ3v) is 4.91. The van der Waals surface area contributed by atoms with E-state index in [1.165, 1.54) is 5.39 Å². The van der Waals surface area contributed by atoms with Gasteiger partial charge in [0.1, 0.15) is 4.99 Å². The fraction of sp³-hybridized carbons (Fsp3) is 0.200. The van der Waals surface area contributed by atoms with Crippen LogP contribution in [0.1, 0.15) is 17.0 Å². The first-order chi connectivity index (χ1) is 9.97. The molecule has 0 aliphatic carbocycles. The van der Waals surface area contributed by atoms with Gasteiger partial charge in [0.15, 0.2) is 0 Å². The highest BCUT2D eigenvalue weighted by Crippen LogP contribution is 2.24. The molecule has 21 heavy (non-hydrogen) atoms. The minimum atomic E-state index is 0.419. The van der Waals surface area contributed by atoms with Crippen LogP contribution in [-0.4, -0.2) is 19.3 Å². The van der Waals surface area contributed by atoms with Crippen LogP contribution >= 0.6 is 28.1 Å². The second-order valence-electron chi connectivity index (χ2n) is 5.05. The smallest absolute Gasteiger partial charge is 0.104 e. The summed E-state index contributed by atoms with van der Waals surface area (Å²) in [6.45, 7) is 2.73. The first-order valence-corrected chi connectivity index (χ1v) is 7.74. The van der Waals surface area contributed by atoms with Gasteiger partial charge in [-0.25, -0.2) is 0 Å². The van der Waals surface area contributed by atoms with Gasteiger partial charge >= 0.3 is 0 Å². The number of nitrogens with zero attached hydrogens (tertiary/aromatic N) is 3. The van der Waals surface area contributed by atoms with Crippen molar-refractivity contribution in [1.82, 2.24) is 14.3 Å². The Morgan fingerprint density at radius 1 is 1.38 bits per heavy atom. The Bertz CT molecular complexity index is 847. The van der Waals surface area contributed by atoms with E-state index in [-0.39, 0.29) is 0 Å². The molecular weight excluding hydrogens is 348 g/mol. The lowest BCUT2D eigenvalue weighted by Crippen LogP contribution is -2.09. The average molecular weight is 363 g/mol. The Kier molecular flexibility index (Phi) is 3.59. The minimum Gasteiger partial charge on any atom is -0.389 e. The quantitative estimate of drug-likeness (QED) is 0.728. The highest BCUT2D eigenvalue weighted by molar-refractivity contribution is 9.10. The number of fused-ring (bicyclic) bond motifs is 1. The fourth-order valence-electron chi connectivity index (χ4n) is 2.49. The zero-order valence-corrected chi connectivity index (χ0v) is 14.2. The number of hydrogen-bond donors (Lipinski definition) is 1. The molecule has 3 rings (SSSR count). The average Bonchev–Trinajstić information content (AvgIpc) is 2.95. The maximum atomic E-state index is 5.73. The SMILES string of the molecule is Cc1nn(C)c(Cn2ccc3ccc(C(N)=S)cc32)c1Br. The van der Waals surface area contributed by atoms with Crippen LogP contribution < -0.4 is 5.73 Å². The summed E-state index contributed by atoms with van der Waals surface area (Å²) in [5.41, 5.74) is 9.86. The van der Waals surface area contributed by atoms with Crippen molar-refractivity contribution in [3.63, 3.8) is 0 Å². The molecule has 0 saturated heterocycles. The largest absolute Gasteiger partial charge is 0.389 e. The predicted molar refractivity (Wildman–Crippen MR) is 92.6 cm³/mol. The van der Waals surface area contributed by atoms with Crippen molar-refractivity contribution in [1.29, 1.82) is 0 Å². The molecule has 4 nitrogen and oxygen atoms in total. The van der Waals surface area contributed by atoms with Crippen molar-refractivity contribution in [2.45, 2.75) is 13.5 Å². The summed E-state index contributed by atoms with van der Waals surface area (Å²) in [5.74, 6) is 0. The monoisotopic (exact) mass is 362 g/mol. The number of hydrogen-bond acceptors (Lipinski definition) is 2. The molecule has 2 aromatic heterocycles. The number of aromatic nitrogens is 3. The third kappa shape index (κ3) is 2.49. The van der Waals surface area contributed by atoms with E-state index in [1.54, 1.807) is 0 Å². The van der Waals surface area contributed by atoms with E-state index < -0.39 is 0 Å². The molecule has 0 amide bonds. The van der Waals surface area contributed by atoms with Gasteiger partial charge in [0.2, 0.25) is 0 Å². The lowest BCUT2D eigenvalue weighted by molar-refractivity contribution is 0.671. The highest BCUT2D eigenvalue weighted by Gasteiger charge is 2.12. The molecule has 2 heterocycles. The van der Waals surface area contributed by atoms with Gasteiger partial charge in [0.05, 0.1) is 22.4 Å². The first-order valence-electron chi connectivity index (χ1n) is 6.54. The Morgan fingerprint density at radius 3 is 2.76 bits per heavy atom. The molecule has 0 unspecified atom stereocenters. The lowest BCUT2D eigenvalue weighted by Gasteiger charge is -2.08. The predicted octanol–water partition coefficient (Wildman–Crippen LogP) is 3.13. The van der Waals surface area contributed by atoms with Crippen molar-refractivity contribution in [2.24, 2.45) is 12.8 Å². The zero-order chi connectivity index (χ0) is 15.1. The van der Waals surface area contributed by atoms with E-state index in [2.05, 4.69) is 37.9 Å². The molecule has 0 aliphatic rings. The Hall–Kier alpha value is -1.66. The van der Waals surface area contributed by atoms with Crippen LogP contribution in [0, 0.1) is 6.92 Å².